The average molecular weight is 277 g/mol. The smallest absolute Gasteiger partial charge is 0.122 e. The highest BCUT2D eigenvalue weighted by Gasteiger charge is 2.16. The molecule has 1 heterocycles. The summed E-state index contributed by atoms with van der Waals surface area (Å²) in [7, 11) is 3.35. The summed E-state index contributed by atoms with van der Waals surface area (Å²) in [4.78, 5) is 1.29. The molecule has 1 atom stereocenters. The van der Waals surface area contributed by atoms with E-state index in [1.54, 1.807) is 25.6 Å². The summed E-state index contributed by atoms with van der Waals surface area (Å²) in [5.74, 6) is 1.63. The second-order valence-electron chi connectivity index (χ2n) is 4.15. The monoisotopic (exact) mass is 277 g/mol. The lowest BCUT2D eigenvalue weighted by atomic mass is 10.0. The van der Waals surface area contributed by atoms with Crippen molar-refractivity contribution >= 4 is 11.3 Å². The molecule has 3 nitrogen and oxygen atoms in total. The van der Waals surface area contributed by atoms with E-state index in [0.29, 0.717) is 0 Å². The Hall–Kier alpha value is -1.52. The maximum atomic E-state index is 5.34. The predicted molar refractivity (Wildman–Crippen MR) is 79.4 cm³/mol. The number of hydrogen-bond acceptors (Lipinski definition) is 4. The highest BCUT2D eigenvalue weighted by atomic mass is 32.1. The summed E-state index contributed by atoms with van der Waals surface area (Å²) < 4.78 is 10.7. The minimum atomic E-state index is 0.175. The number of methoxy groups -OCH3 is 2. The predicted octanol–water partition coefficient (Wildman–Crippen LogP) is 3.46. The fraction of sp³-hybridized carbons (Fsp3) is 0.333. The van der Waals surface area contributed by atoms with E-state index in [0.717, 1.165) is 23.6 Å². The van der Waals surface area contributed by atoms with Gasteiger partial charge in [-0.3, -0.25) is 0 Å². The number of thiophene rings is 1. The Morgan fingerprint density at radius 3 is 2.32 bits per heavy atom. The van der Waals surface area contributed by atoms with E-state index in [9.17, 15) is 0 Å². The third-order valence-electron chi connectivity index (χ3n) is 2.94. The number of hydrogen-bond donors (Lipinski definition) is 1. The summed E-state index contributed by atoms with van der Waals surface area (Å²) in [5, 5.41) is 5.60. The highest BCUT2D eigenvalue weighted by Crippen LogP contribution is 2.31. The third kappa shape index (κ3) is 3.28. The van der Waals surface area contributed by atoms with Crippen LogP contribution in [0.25, 0.3) is 0 Å². The van der Waals surface area contributed by atoms with Crippen LogP contribution in [0.5, 0.6) is 11.5 Å². The van der Waals surface area contributed by atoms with E-state index in [1.807, 2.05) is 6.07 Å². The quantitative estimate of drug-likeness (QED) is 0.877. The zero-order valence-corrected chi connectivity index (χ0v) is 12.3. The van der Waals surface area contributed by atoms with Crippen LogP contribution in [0.4, 0.5) is 0 Å². The molecule has 4 heteroatoms. The van der Waals surface area contributed by atoms with E-state index in [2.05, 4.69) is 41.9 Å². The molecule has 0 spiro atoms. The van der Waals surface area contributed by atoms with E-state index < -0.39 is 0 Å². The lowest BCUT2D eigenvalue weighted by molar-refractivity contribution is 0.392. The molecule has 1 N–H and O–H groups in total. The van der Waals surface area contributed by atoms with Crippen LogP contribution in [0.2, 0.25) is 0 Å². The average Bonchev–Trinajstić information content (AvgIpc) is 2.97. The second kappa shape index (κ2) is 6.59. The number of rotatable bonds is 6. The first-order valence-electron chi connectivity index (χ1n) is 6.28. The molecule has 1 aromatic carbocycles. The number of nitrogens with one attached hydrogen (secondary N) is 1. The molecule has 2 aromatic rings. The van der Waals surface area contributed by atoms with Gasteiger partial charge in [0.25, 0.3) is 0 Å². The fourth-order valence-corrected chi connectivity index (χ4v) is 2.87. The zero-order chi connectivity index (χ0) is 13.7. The van der Waals surface area contributed by atoms with Crippen LogP contribution in [-0.4, -0.2) is 20.8 Å². The lowest BCUT2D eigenvalue weighted by Gasteiger charge is -2.18. The van der Waals surface area contributed by atoms with Gasteiger partial charge in [-0.15, -0.1) is 11.3 Å². The molecule has 0 radical (unpaired) electrons. The second-order valence-corrected chi connectivity index (χ2v) is 5.13. The molecule has 0 aliphatic carbocycles. The summed E-state index contributed by atoms with van der Waals surface area (Å²) in [6, 6.07) is 10.4. The molecule has 19 heavy (non-hydrogen) atoms. The fourth-order valence-electron chi connectivity index (χ4n) is 2.04. The van der Waals surface area contributed by atoms with Gasteiger partial charge in [0.1, 0.15) is 11.5 Å². The molecule has 0 saturated heterocycles. The Bertz CT molecular complexity index is 489. The summed E-state index contributed by atoms with van der Waals surface area (Å²) in [5.41, 5.74) is 1.15. The van der Waals surface area contributed by atoms with Crippen LogP contribution in [0.1, 0.15) is 23.4 Å². The van der Waals surface area contributed by atoms with Crippen molar-refractivity contribution in [2.75, 3.05) is 20.8 Å². The SMILES string of the molecule is CCNC(c1cc(OC)cc(OC)c1)c1cccs1. The van der Waals surface area contributed by atoms with Crippen molar-refractivity contribution in [3.63, 3.8) is 0 Å². The first kappa shape index (κ1) is 13.9. The van der Waals surface area contributed by atoms with Gasteiger partial charge in [0.15, 0.2) is 0 Å². The van der Waals surface area contributed by atoms with Crippen molar-refractivity contribution in [2.24, 2.45) is 0 Å². The summed E-state index contributed by atoms with van der Waals surface area (Å²) in [6.07, 6.45) is 0. The molecule has 0 aliphatic heterocycles. The summed E-state index contributed by atoms with van der Waals surface area (Å²) >= 11 is 1.75. The zero-order valence-electron chi connectivity index (χ0n) is 11.5. The lowest BCUT2D eigenvalue weighted by Crippen LogP contribution is -2.21. The van der Waals surface area contributed by atoms with E-state index in [1.165, 1.54) is 4.88 Å². The van der Waals surface area contributed by atoms with Gasteiger partial charge in [0.2, 0.25) is 0 Å². The van der Waals surface area contributed by atoms with E-state index >= 15 is 0 Å². The van der Waals surface area contributed by atoms with Crippen molar-refractivity contribution in [1.82, 2.24) is 5.32 Å². The van der Waals surface area contributed by atoms with Crippen molar-refractivity contribution in [2.45, 2.75) is 13.0 Å². The molecule has 0 amide bonds. The van der Waals surface area contributed by atoms with Crippen LogP contribution in [-0.2, 0) is 0 Å². The molecule has 2 rings (SSSR count). The molecule has 0 saturated carbocycles. The van der Waals surface area contributed by atoms with Crippen molar-refractivity contribution in [1.29, 1.82) is 0 Å². The van der Waals surface area contributed by atoms with Crippen LogP contribution < -0.4 is 14.8 Å². The molecule has 0 aliphatic rings. The van der Waals surface area contributed by atoms with Gasteiger partial charge in [-0.25, -0.2) is 0 Å². The third-order valence-corrected chi connectivity index (χ3v) is 3.88. The molecule has 0 fully saturated rings. The molecular formula is C15H19NO2S. The van der Waals surface area contributed by atoms with E-state index in [4.69, 9.17) is 9.47 Å². The van der Waals surface area contributed by atoms with Crippen LogP contribution in [0.15, 0.2) is 35.7 Å². The Balaban J connectivity index is 2.41. The largest absolute Gasteiger partial charge is 0.497 e. The Morgan fingerprint density at radius 2 is 1.84 bits per heavy atom. The minimum absolute atomic E-state index is 0.175. The topological polar surface area (TPSA) is 30.5 Å². The number of ether oxygens (including phenoxy) is 2. The first-order valence-corrected chi connectivity index (χ1v) is 7.16. The molecule has 0 bridgehead atoms. The normalized spacial score (nSPS) is 12.2. The minimum Gasteiger partial charge on any atom is -0.497 e. The Kier molecular flexibility index (Phi) is 4.82. The van der Waals surface area contributed by atoms with Crippen LogP contribution >= 0.6 is 11.3 Å². The van der Waals surface area contributed by atoms with Crippen LogP contribution in [0, 0.1) is 0 Å². The molecular weight excluding hydrogens is 258 g/mol. The van der Waals surface area contributed by atoms with Crippen molar-refractivity contribution in [3.8, 4) is 11.5 Å². The maximum absolute atomic E-state index is 5.34. The molecule has 102 valence electrons. The van der Waals surface area contributed by atoms with Gasteiger partial charge in [-0.05, 0) is 35.7 Å². The van der Waals surface area contributed by atoms with E-state index in [-0.39, 0.29) is 6.04 Å². The van der Waals surface area contributed by atoms with Gasteiger partial charge in [0.05, 0.1) is 20.3 Å². The van der Waals surface area contributed by atoms with Gasteiger partial charge >= 0.3 is 0 Å². The highest BCUT2D eigenvalue weighted by molar-refractivity contribution is 7.10. The van der Waals surface area contributed by atoms with Gasteiger partial charge in [0, 0.05) is 10.9 Å². The Labute approximate surface area is 118 Å². The maximum Gasteiger partial charge on any atom is 0.122 e. The Morgan fingerprint density at radius 1 is 1.16 bits per heavy atom. The summed E-state index contributed by atoms with van der Waals surface area (Å²) in [6.45, 7) is 3.01. The molecule has 1 aromatic heterocycles. The van der Waals surface area contributed by atoms with Gasteiger partial charge in [-0.2, -0.15) is 0 Å². The standard InChI is InChI=1S/C15H19NO2S/c1-4-16-15(14-6-5-7-19-14)11-8-12(17-2)10-13(9-11)18-3/h5-10,15-16H,4H2,1-3H3. The van der Waals surface area contributed by atoms with Crippen molar-refractivity contribution in [3.05, 3.63) is 46.2 Å². The first-order chi connectivity index (χ1) is 9.28. The number of benzene rings is 1. The van der Waals surface area contributed by atoms with Gasteiger partial charge < -0.3 is 14.8 Å². The molecule has 1 unspecified atom stereocenters. The van der Waals surface area contributed by atoms with Gasteiger partial charge in [-0.1, -0.05) is 13.0 Å². The van der Waals surface area contributed by atoms with Crippen LogP contribution in [0.3, 0.4) is 0 Å². The van der Waals surface area contributed by atoms with Crippen molar-refractivity contribution < 1.29 is 9.47 Å².